The molecule has 1 aromatic carbocycles. The predicted octanol–water partition coefficient (Wildman–Crippen LogP) is 1.94. The van der Waals surface area contributed by atoms with Crippen molar-refractivity contribution in [1.29, 1.82) is 0 Å². The van der Waals surface area contributed by atoms with E-state index in [0.29, 0.717) is 16.9 Å². The molecule has 1 amide bonds. The maximum Gasteiger partial charge on any atom is 0.337 e. The summed E-state index contributed by atoms with van der Waals surface area (Å²) in [6.45, 7) is -0.156. The second kappa shape index (κ2) is 9.07. The van der Waals surface area contributed by atoms with E-state index in [4.69, 9.17) is 9.15 Å². The fourth-order valence-electron chi connectivity index (χ4n) is 1.85. The Labute approximate surface area is 144 Å². The van der Waals surface area contributed by atoms with Crippen LogP contribution in [0.2, 0.25) is 0 Å². The number of rotatable bonds is 7. The fourth-order valence-corrected chi connectivity index (χ4v) is 1.85. The molecular weight excluding hydrogens is 326 g/mol. The van der Waals surface area contributed by atoms with E-state index in [0.717, 1.165) is 0 Å². The Balaban J connectivity index is 1.74. The number of amides is 1. The lowest BCUT2D eigenvalue weighted by Crippen LogP contribution is -2.27. The number of esters is 2. The number of ether oxygens (including phenoxy) is 2. The molecule has 0 bridgehead atoms. The molecule has 2 aromatic rings. The summed E-state index contributed by atoms with van der Waals surface area (Å²) in [5.41, 5.74) is 1.11. The second-order valence-corrected chi connectivity index (χ2v) is 4.91. The Morgan fingerprint density at radius 1 is 1.16 bits per heavy atom. The SMILES string of the molecule is COC(=O)c1ccc(/C=C/C(=O)OCC(=O)NCc2ccco2)cc1. The van der Waals surface area contributed by atoms with Gasteiger partial charge in [-0.3, -0.25) is 4.79 Å². The van der Waals surface area contributed by atoms with Gasteiger partial charge in [-0.15, -0.1) is 0 Å². The smallest absolute Gasteiger partial charge is 0.337 e. The number of benzene rings is 1. The van der Waals surface area contributed by atoms with Crippen LogP contribution in [0, 0.1) is 0 Å². The zero-order valence-electron chi connectivity index (χ0n) is 13.6. The standard InChI is InChI=1S/C18H17NO6/c1-23-18(22)14-7-4-13(5-8-14)6-9-17(21)25-12-16(20)19-11-15-3-2-10-24-15/h2-10H,11-12H2,1H3,(H,19,20)/b9-6+. The van der Waals surface area contributed by atoms with Gasteiger partial charge in [0.15, 0.2) is 6.61 Å². The average molecular weight is 343 g/mol. The Morgan fingerprint density at radius 2 is 1.92 bits per heavy atom. The summed E-state index contributed by atoms with van der Waals surface area (Å²) in [6, 6.07) is 9.92. The lowest BCUT2D eigenvalue weighted by Gasteiger charge is -2.03. The molecular formula is C18H17NO6. The molecule has 7 heteroatoms. The van der Waals surface area contributed by atoms with Gasteiger partial charge in [0.1, 0.15) is 5.76 Å². The zero-order chi connectivity index (χ0) is 18.1. The van der Waals surface area contributed by atoms with E-state index < -0.39 is 17.8 Å². The summed E-state index contributed by atoms with van der Waals surface area (Å²) in [4.78, 5) is 34.5. The molecule has 0 fully saturated rings. The number of nitrogens with one attached hydrogen (secondary N) is 1. The van der Waals surface area contributed by atoms with Crippen LogP contribution in [0.1, 0.15) is 21.7 Å². The third kappa shape index (κ3) is 5.98. The van der Waals surface area contributed by atoms with E-state index >= 15 is 0 Å². The van der Waals surface area contributed by atoms with Gasteiger partial charge in [0.05, 0.1) is 25.5 Å². The number of methoxy groups -OCH3 is 1. The van der Waals surface area contributed by atoms with Crippen LogP contribution < -0.4 is 5.32 Å². The highest BCUT2D eigenvalue weighted by molar-refractivity contribution is 5.91. The molecule has 25 heavy (non-hydrogen) atoms. The van der Waals surface area contributed by atoms with Crippen molar-refractivity contribution in [3.05, 3.63) is 65.6 Å². The van der Waals surface area contributed by atoms with Gasteiger partial charge in [0.25, 0.3) is 5.91 Å². The molecule has 0 aliphatic heterocycles. The molecule has 7 nitrogen and oxygen atoms in total. The molecule has 0 radical (unpaired) electrons. The van der Waals surface area contributed by atoms with Crippen molar-refractivity contribution in [2.75, 3.05) is 13.7 Å². The monoisotopic (exact) mass is 343 g/mol. The van der Waals surface area contributed by atoms with Crippen LogP contribution in [-0.4, -0.2) is 31.6 Å². The largest absolute Gasteiger partial charge is 0.467 e. The Kier molecular flexibility index (Phi) is 6.53. The predicted molar refractivity (Wildman–Crippen MR) is 88.3 cm³/mol. The number of carbonyl (C=O) groups is 3. The lowest BCUT2D eigenvalue weighted by atomic mass is 10.1. The molecule has 0 spiro atoms. The van der Waals surface area contributed by atoms with E-state index in [-0.39, 0.29) is 13.2 Å². The molecule has 0 atom stereocenters. The highest BCUT2D eigenvalue weighted by Crippen LogP contribution is 2.07. The Morgan fingerprint density at radius 3 is 2.56 bits per heavy atom. The molecule has 0 aliphatic rings. The van der Waals surface area contributed by atoms with Gasteiger partial charge in [0.2, 0.25) is 0 Å². The first-order valence-corrected chi connectivity index (χ1v) is 7.41. The van der Waals surface area contributed by atoms with Crippen molar-refractivity contribution in [1.82, 2.24) is 5.32 Å². The quantitative estimate of drug-likeness (QED) is 0.610. The third-order valence-corrected chi connectivity index (χ3v) is 3.13. The zero-order valence-corrected chi connectivity index (χ0v) is 13.6. The molecule has 130 valence electrons. The highest BCUT2D eigenvalue weighted by Gasteiger charge is 2.06. The van der Waals surface area contributed by atoms with E-state index in [9.17, 15) is 14.4 Å². The molecule has 0 saturated heterocycles. The van der Waals surface area contributed by atoms with Crippen LogP contribution >= 0.6 is 0 Å². The minimum Gasteiger partial charge on any atom is -0.467 e. The van der Waals surface area contributed by atoms with Crippen LogP contribution in [0.15, 0.2) is 53.2 Å². The van der Waals surface area contributed by atoms with E-state index in [2.05, 4.69) is 10.1 Å². The van der Waals surface area contributed by atoms with Crippen LogP contribution in [0.3, 0.4) is 0 Å². The summed E-state index contributed by atoms with van der Waals surface area (Å²) in [5, 5.41) is 2.56. The Hall–Kier alpha value is -3.35. The molecule has 1 N–H and O–H groups in total. The van der Waals surface area contributed by atoms with Crippen molar-refractivity contribution in [2.24, 2.45) is 0 Å². The van der Waals surface area contributed by atoms with Crippen LogP contribution in [0.25, 0.3) is 6.08 Å². The van der Waals surface area contributed by atoms with Gasteiger partial charge in [-0.2, -0.15) is 0 Å². The maximum atomic E-state index is 11.6. The first-order valence-electron chi connectivity index (χ1n) is 7.41. The summed E-state index contributed by atoms with van der Waals surface area (Å²) in [5.74, 6) is -0.906. The maximum absolute atomic E-state index is 11.6. The van der Waals surface area contributed by atoms with Gasteiger partial charge in [-0.1, -0.05) is 12.1 Å². The first-order chi connectivity index (χ1) is 12.1. The van der Waals surface area contributed by atoms with Crippen molar-refractivity contribution in [2.45, 2.75) is 6.54 Å². The molecule has 0 unspecified atom stereocenters. The minimum atomic E-state index is -0.648. The van der Waals surface area contributed by atoms with Crippen molar-refractivity contribution < 1.29 is 28.3 Å². The molecule has 0 saturated carbocycles. The Bertz CT molecular complexity index is 746. The summed E-state index contributed by atoms with van der Waals surface area (Å²) < 4.78 is 14.5. The van der Waals surface area contributed by atoms with Gasteiger partial charge < -0.3 is 19.2 Å². The normalized spacial score (nSPS) is 10.4. The number of furan rings is 1. The number of hydrogen-bond acceptors (Lipinski definition) is 6. The van der Waals surface area contributed by atoms with Gasteiger partial charge >= 0.3 is 11.9 Å². The lowest BCUT2D eigenvalue weighted by molar-refractivity contribution is -0.143. The molecule has 1 aromatic heterocycles. The van der Waals surface area contributed by atoms with Gasteiger partial charge in [-0.05, 0) is 35.9 Å². The topological polar surface area (TPSA) is 94.8 Å². The fraction of sp³-hybridized carbons (Fsp3) is 0.167. The number of hydrogen-bond donors (Lipinski definition) is 1. The van der Waals surface area contributed by atoms with E-state index in [1.165, 1.54) is 25.5 Å². The summed E-state index contributed by atoms with van der Waals surface area (Å²) >= 11 is 0. The van der Waals surface area contributed by atoms with Gasteiger partial charge in [0, 0.05) is 6.08 Å². The first kappa shape index (κ1) is 18.0. The molecule has 1 heterocycles. The molecule has 0 aliphatic carbocycles. The third-order valence-electron chi connectivity index (χ3n) is 3.13. The van der Waals surface area contributed by atoms with Crippen molar-refractivity contribution >= 4 is 23.9 Å². The van der Waals surface area contributed by atoms with Crippen molar-refractivity contribution in [3.63, 3.8) is 0 Å². The molecule has 2 rings (SSSR count). The van der Waals surface area contributed by atoms with Crippen LogP contribution in [0.5, 0.6) is 0 Å². The summed E-state index contributed by atoms with van der Waals surface area (Å²) in [7, 11) is 1.30. The highest BCUT2D eigenvalue weighted by atomic mass is 16.5. The van der Waals surface area contributed by atoms with Crippen molar-refractivity contribution in [3.8, 4) is 0 Å². The second-order valence-electron chi connectivity index (χ2n) is 4.91. The van der Waals surface area contributed by atoms with Crippen LogP contribution in [0.4, 0.5) is 0 Å². The average Bonchev–Trinajstić information content (AvgIpc) is 3.16. The summed E-state index contributed by atoms with van der Waals surface area (Å²) in [6.07, 6.45) is 4.22. The van der Waals surface area contributed by atoms with Crippen LogP contribution in [-0.2, 0) is 25.6 Å². The minimum absolute atomic E-state index is 0.228. The van der Waals surface area contributed by atoms with Gasteiger partial charge in [-0.25, -0.2) is 9.59 Å². The van der Waals surface area contributed by atoms with E-state index in [1.807, 2.05) is 0 Å². The van der Waals surface area contributed by atoms with E-state index in [1.54, 1.807) is 36.4 Å². The number of carbonyl (C=O) groups excluding carboxylic acids is 3.